The highest BCUT2D eigenvalue weighted by Gasteiger charge is 2.10. The van der Waals surface area contributed by atoms with Crippen molar-refractivity contribution in [3.05, 3.63) is 59.7 Å². The van der Waals surface area contributed by atoms with E-state index >= 15 is 0 Å². The average Bonchev–Trinajstić information content (AvgIpc) is 2.60. The summed E-state index contributed by atoms with van der Waals surface area (Å²) in [6.07, 6.45) is 1.03. The molecule has 0 bridgehead atoms. The minimum absolute atomic E-state index is 0.231. The normalized spacial score (nSPS) is 12.7. The maximum atomic E-state index is 5.98. The number of nitrogens with two attached hydrogens (primary N) is 1. The molecule has 2 aromatic carbocycles. The van der Waals surface area contributed by atoms with Crippen molar-refractivity contribution in [2.45, 2.75) is 26.2 Å². The molecular weight excluding hydrogens is 286 g/mol. The van der Waals surface area contributed by atoms with Crippen LogP contribution in [-0.2, 0) is 6.42 Å². The van der Waals surface area contributed by atoms with E-state index in [2.05, 4.69) is 42.4 Å². The van der Waals surface area contributed by atoms with Crippen LogP contribution in [0.15, 0.2) is 53.5 Å². The van der Waals surface area contributed by atoms with E-state index in [0.717, 1.165) is 23.4 Å². The molecule has 0 aliphatic carbocycles. The highest BCUT2D eigenvalue weighted by Crippen LogP contribution is 2.26. The number of aryl methyl sites for hydroxylation is 1. The van der Waals surface area contributed by atoms with Gasteiger partial charge in [-0.2, -0.15) is 0 Å². The summed E-state index contributed by atoms with van der Waals surface area (Å²) in [5.41, 5.74) is 9.37. The molecule has 0 radical (unpaired) electrons. The molecule has 3 N–H and O–H groups in total. The van der Waals surface area contributed by atoms with Gasteiger partial charge in [0, 0.05) is 18.2 Å². The van der Waals surface area contributed by atoms with Crippen molar-refractivity contribution in [1.29, 1.82) is 0 Å². The summed E-state index contributed by atoms with van der Waals surface area (Å²) in [5, 5.41) is 3.13. The molecule has 0 amide bonds. The van der Waals surface area contributed by atoms with Gasteiger partial charge in [0.05, 0.1) is 7.11 Å². The van der Waals surface area contributed by atoms with E-state index in [1.807, 2.05) is 30.3 Å². The topological polar surface area (TPSA) is 59.6 Å². The second kappa shape index (κ2) is 8.22. The number of nitrogens with one attached hydrogen (secondary N) is 1. The number of benzene rings is 2. The number of ether oxygens (including phenoxy) is 1. The van der Waals surface area contributed by atoms with Crippen molar-refractivity contribution in [2.24, 2.45) is 10.7 Å². The number of nitrogens with zero attached hydrogens (tertiary/aromatic N) is 1. The standard InChI is InChI=1S/C19H25N3O/c1-4-15-9-11-16(12-10-15)22-19(20)21-13-14(2)17-7-5-6-8-18(17)23-3/h5-12,14H,4,13H2,1-3H3,(H3,20,21,22). The first-order valence-corrected chi connectivity index (χ1v) is 7.92. The number of hydrogen-bond acceptors (Lipinski definition) is 2. The van der Waals surface area contributed by atoms with Gasteiger partial charge in [0.15, 0.2) is 5.96 Å². The van der Waals surface area contributed by atoms with Crippen LogP contribution in [0.4, 0.5) is 5.69 Å². The summed E-state index contributed by atoms with van der Waals surface area (Å²) in [6.45, 7) is 4.86. The van der Waals surface area contributed by atoms with E-state index in [0.29, 0.717) is 12.5 Å². The fourth-order valence-corrected chi connectivity index (χ4v) is 2.42. The summed E-state index contributed by atoms with van der Waals surface area (Å²) in [6, 6.07) is 16.2. The van der Waals surface area contributed by atoms with Crippen LogP contribution >= 0.6 is 0 Å². The van der Waals surface area contributed by atoms with Crippen LogP contribution in [0, 0.1) is 0 Å². The molecule has 4 heteroatoms. The van der Waals surface area contributed by atoms with Crippen LogP contribution in [0.1, 0.15) is 30.9 Å². The predicted octanol–water partition coefficient (Wildman–Crippen LogP) is 3.79. The van der Waals surface area contributed by atoms with Gasteiger partial charge in [-0.1, -0.05) is 44.2 Å². The molecule has 0 saturated carbocycles. The second-order valence-electron chi connectivity index (χ2n) is 5.54. The third kappa shape index (κ3) is 4.74. The molecule has 0 heterocycles. The Morgan fingerprint density at radius 3 is 2.52 bits per heavy atom. The first kappa shape index (κ1) is 16.9. The van der Waals surface area contributed by atoms with Crippen LogP contribution in [-0.4, -0.2) is 19.6 Å². The molecule has 0 saturated heterocycles. The summed E-state index contributed by atoms with van der Waals surface area (Å²) in [4.78, 5) is 4.44. The van der Waals surface area contributed by atoms with Crippen molar-refractivity contribution < 1.29 is 4.74 Å². The summed E-state index contributed by atoms with van der Waals surface area (Å²) >= 11 is 0. The van der Waals surface area contributed by atoms with Gasteiger partial charge in [0.1, 0.15) is 5.75 Å². The third-order valence-corrected chi connectivity index (χ3v) is 3.84. The van der Waals surface area contributed by atoms with Gasteiger partial charge in [0.25, 0.3) is 0 Å². The van der Waals surface area contributed by atoms with Crippen molar-refractivity contribution >= 4 is 11.6 Å². The van der Waals surface area contributed by atoms with E-state index in [1.165, 1.54) is 5.56 Å². The predicted molar refractivity (Wildman–Crippen MR) is 97.3 cm³/mol. The highest BCUT2D eigenvalue weighted by atomic mass is 16.5. The molecule has 2 rings (SSSR count). The molecule has 2 aromatic rings. The smallest absolute Gasteiger partial charge is 0.193 e. The van der Waals surface area contributed by atoms with E-state index < -0.39 is 0 Å². The number of methoxy groups -OCH3 is 1. The first-order valence-electron chi connectivity index (χ1n) is 7.92. The third-order valence-electron chi connectivity index (χ3n) is 3.84. The molecular formula is C19H25N3O. The average molecular weight is 311 g/mol. The zero-order valence-electron chi connectivity index (χ0n) is 14.0. The van der Waals surface area contributed by atoms with Crippen LogP contribution in [0.25, 0.3) is 0 Å². The Morgan fingerprint density at radius 2 is 1.87 bits per heavy atom. The van der Waals surface area contributed by atoms with Gasteiger partial charge in [-0.25, -0.2) is 0 Å². The number of guanidine groups is 1. The van der Waals surface area contributed by atoms with Crippen molar-refractivity contribution in [3.63, 3.8) is 0 Å². The second-order valence-corrected chi connectivity index (χ2v) is 5.54. The molecule has 122 valence electrons. The van der Waals surface area contributed by atoms with Crippen molar-refractivity contribution in [1.82, 2.24) is 0 Å². The van der Waals surface area contributed by atoms with Gasteiger partial charge >= 0.3 is 0 Å². The molecule has 0 fully saturated rings. The Balaban J connectivity index is 1.98. The minimum atomic E-state index is 0.231. The Labute approximate surface area is 138 Å². The van der Waals surface area contributed by atoms with E-state index in [4.69, 9.17) is 10.5 Å². The summed E-state index contributed by atoms with van der Waals surface area (Å²) in [5.74, 6) is 1.54. The molecule has 0 aromatic heterocycles. The minimum Gasteiger partial charge on any atom is -0.496 e. The fourth-order valence-electron chi connectivity index (χ4n) is 2.42. The Kier molecular flexibility index (Phi) is 6.03. The van der Waals surface area contributed by atoms with Crippen LogP contribution in [0.5, 0.6) is 5.75 Å². The molecule has 0 aliphatic heterocycles. The van der Waals surface area contributed by atoms with E-state index in [1.54, 1.807) is 7.11 Å². The number of anilines is 1. The number of rotatable bonds is 6. The maximum Gasteiger partial charge on any atom is 0.193 e. The van der Waals surface area contributed by atoms with Crippen LogP contribution in [0.3, 0.4) is 0 Å². The quantitative estimate of drug-likeness (QED) is 0.630. The lowest BCUT2D eigenvalue weighted by atomic mass is 10.0. The lowest BCUT2D eigenvalue weighted by Crippen LogP contribution is -2.23. The molecule has 1 atom stereocenters. The Bertz CT molecular complexity index is 650. The molecule has 4 nitrogen and oxygen atoms in total. The summed E-state index contributed by atoms with van der Waals surface area (Å²) < 4.78 is 5.40. The fraction of sp³-hybridized carbons (Fsp3) is 0.316. The highest BCUT2D eigenvalue weighted by molar-refractivity contribution is 5.92. The van der Waals surface area contributed by atoms with Crippen LogP contribution < -0.4 is 15.8 Å². The van der Waals surface area contributed by atoms with Gasteiger partial charge in [-0.15, -0.1) is 0 Å². The summed E-state index contributed by atoms with van der Waals surface area (Å²) in [7, 11) is 1.69. The monoisotopic (exact) mass is 311 g/mol. The SMILES string of the molecule is CCc1ccc(NC(N)=NCC(C)c2ccccc2OC)cc1. The lowest BCUT2D eigenvalue weighted by molar-refractivity contribution is 0.407. The van der Waals surface area contributed by atoms with Gasteiger partial charge in [-0.3, -0.25) is 4.99 Å². The first-order chi connectivity index (χ1) is 11.1. The molecule has 23 heavy (non-hydrogen) atoms. The Hall–Kier alpha value is -2.49. The molecule has 0 aliphatic rings. The van der Waals surface area contributed by atoms with Gasteiger partial charge < -0.3 is 15.8 Å². The molecule has 0 spiro atoms. The van der Waals surface area contributed by atoms with Crippen LogP contribution in [0.2, 0.25) is 0 Å². The van der Waals surface area contributed by atoms with Gasteiger partial charge in [0.2, 0.25) is 0 Å². The molecule has 1 unspecified atom stereocenters. The van der Waals surface area contributed by atoms with E-state index in [-0.39, 0.29) is 5.92 Å². The van der Waals surface area contributed by atoms with Gasteiger partial charge in [-0.05, 0) is 35.7 Å². The number of hydrogen-bond donors (Lipinski definition) is 2. The largest absolute Gasteiger partial charge is 0.496 e. The number of para-hydroxylation sites is 1. The number of aliphatic imine (C=N–C) groups is 1. The maximum absolute atomic E-state index is 5.98. The van der Waals surface area contributed by atoms with Crippen molar-refractivity contribution in [2.75, 3.05) is 19.0 Å². The van der Waals surface area contributed by atoms with Crippen molar-refractivity contribution in [3.8, 4) is 5.75 Å². The lowest BCUT2D eigenvalue weighted by Gasteiger charge is -2.14. The zero-order valence-corrected chi connectivity index (χ0v) is 14.0. The Morgan fingerprint density at radius 1 is 1.17 bits per heavy atom. The van der Waals surface area contributed by atoms with E-state index in [9.17, 15) is 0 Å². The zero-order chi connectivity index (χ0) is 16.7.